The minimum Gasteiger partial charge on any atom is -0.383 e. The first-order valence-corrected chi connectivity index (χ1v) is 7.46. The van der Waals surface area contributed by atoms with Crippen molar-refractivity contribution in [3.63, 3.8) is 0 Å². The molecule has 0 unspecified atom stereocenters. The molecule has 7 nitrogen and oxygen atoms in total. The summed E-state index contributed by atoms with van der Waals surface area (Å²) in [5.41, 5.74) is 0.272. The van der Waals surface area contributed by atoms with Crippen molar-refractivity contribution in [2.24, 2.45) is 0 Å². The fourth-order valence-corrected chi connectivity index (χ4v) is 2.05. The van der Waals surface area contributed by atoms with Gasteiger partial charge in [-0.15, -0.1) is 0 Å². The van der Waals surface area contributed by atoms with Crippen molar-refractivity contribution in [1.82, 2.24) is 19.8 Å². The number of ether oxygens (including phenoxy) is 1. The van der Waals surface area contributed by atoms with Crippen LogP contribution in [0.25, 0.3) is 0 Å². The van der Waals surface area contributed by atoms with Crippen LogP contribution in [-0.2, 0) is 9.53 Å². The Kier molecular flexibility index (Phi) is 8.06. The van der Waals surface area contributed by atoms with Gasteiger partial charge in [-0.2, -0.15) is 0 Å². The molecule has 0 N–H and O–H groups in total. The van der Waals surface area contributed by atoms with E-state index in [-0.39, 0.29) is 23.9 Å². The lowest BCUT2D eigenvalue weighted by Gasteiger charge is -2.24. The number of hydrogen-bond donors (Lipinski definition) is 0. The van der Waals surface area contributed by atoms with Crippen LogP contribution in [0.3, 0.4) is 0 Å². The lowest BCUT2D eigenvalue weighted by atomic mass is 10.3. The van der Waals surface area contributed by atoms with Crippen molar-refractivity contribution in [1.29, 1.82) is 0 Å². The molecule has 0 radical (unpaired) electrons. The van der Waals surface area contributed by atoms with Gasteiger partial charge in [0.15, 0.2) is 0 Å². The molecule has 0 atom stereocenters. The van der Waals surface area contributed by atoms with Gasteiger partial charge in [-0.3, -0.25) is 14.6 Å². The van der Waals surface area contributed by atoms with Crippen LogP contribution in [-0.4, -0.2) is 71.5 Å². The first-order chi connectivity index (χ1) is 10.6. The topological polar surface area (TPSA) is 75.6 Å². The maximum absolute atomic E-state index is 12.4. The van der Waals surface area contributed by atoms with Crippen LogP contribution in [0.1, 0.15) is 30.8 Å². The third-order valence-electron chi connectivity index (χ3n) is 3.35. The van der Waals surface area contributed by atoms with Crippen molar-refractivity contribution in [2.45, 2.75) is 20.3 Å². The maximum Gasteiger partial charge on any atom is 0.274 e. The van der Waals surface area contributed by atoms with E-state index in [1.165, 1.54) is 18.6 Å². The number of carbonyl (C=O) groups is 2. The molecule has 1 aromatic heterocycles. The van der Waals surface area contributed by atoms with E-state index < -0.39 is 0 Å². The molecule has 0 spiro atoms. The van der Waals surface area contributed by atoms with E-state index in [1.54, 1.807) is 16.9 Å². The van der Waals surface area contributed by atoms with Gasteiger partial charge < -0.3 is 14.5 Å². The van der Waals surface area contributed by atoms with Gasteiger partial charge >= 0.3 is 0 Å². The molecule has 7 heteroatoms. The van der Waals surface area contributed by atoms with Crippen LogP contribution in [0.15, 0.2) is 18.6 Å². The van der Waals surface area contributed by atoms with E-state index >= 15 is 0 Å². The number of carbonyl (C=O) groups excluding carboxylic acids is 2. The fourth-order valence-electron chi connectivity index (χ4n) is 2.05. The molecule has 2 amide bonds. The molecular weight excluding hydrogens is 284 g/mol. The summed E-state index contributed by atoms with van der Waals surface area (Å²) in [5, 5.41) is 0. The quantitative estimate of drug-likeness (QED) is 0.675. The molecule has 0 aliphatic carbocycles. The number of amides is 2. The minimum atomic E-state index is -0.238. The first kappa shape index (κ1) is 18.0. The van der Waals surface area contributed by atoms with Crippen molar-refractivity contribution in [3.05, 3.63) is 24.3 Å². The lowest BCUT2D eigenvalue weighted by Crippen LogP contribution is -2.39. The number of nitrogens with zero attached hydrogens (tertiary/aromatic N) is 4. The molecule has 0 saturated heterocycles. The van der Waals surface area contributed by atoms with Crippen LogP contribution >= 0.6 is 0 Å². The van der Waals surface area contributed by atoms with Crippen molar-refractivity contribution in [2.75, 3.05) is 39.9 Å². The molecule has 122 valence electrons. The van der Waals surface area contributed by atoms with Crippen LogP contribution in [0.5, 0.6) is 0 Å². The summed E-state index contributed by atoms with van der Waals surface area (Å²) in [6, 6.07) is 0. The summed E-state index contributed by atoms with van der Waals surface area (Å²) < 4.78 is 5.03. The molecule has 1 aromatic rings. The Balaban J connectivity index is 2.68. The highest BCUT2D eigenvalue weighted by molar-refractivity contribution is 5.92. The number of methoxy groups -OCH3 is 1. The fraction of sp³-hybridized carbons (Fsp3) is 0.600. The van der Waals surface area contributed by atoms with E-state index in [0.717, 1.165) is 0 Å². The Morgan fingerprint density at radius 1 is 1.14 bits per heavy atom. The highest BCUT2D eigenvalue weighted by Crippen LogP contribution is 2.03. The molecule has 1 rings (SSSR count). The van der Waals surface area contributed by atoms with Crippen LogP contribution in [0.4, 0.5) is 0 Å². The number of aromatic nitrogens is 2. The maximum atomic E-state index is 12.4. The van der Waals surface area contributed by atoms with E-state index in [4.69, 9.17) is 4.74 Å². The summed E-state index contributed by atoms with van der Waals surface area (Å²) in [6.45, 7) is 6.39. The summed E-state index contributed by atoms with van der Waals surface area (Å²) in [7, 11) is 1.58. The van der Waals surface area contributed by atoms with Crippen LogP contribution in [0, 0.1) is 0 Å². The van der Waals surface area contributed by atoms with E-state index in [1.807, 2.05) is 13.8 Å². The Hall–Kier alpha value is -2.02. The van der Waals surface area contributed by atoms with Crippen molar-refractivity contribution < 1.29 is 14.3 Å². The van der Waals surface area contributed by atoms with Gasteiger partial charge in [-0.1, -0.05) is 0 Å². The Morgan fingerprint density at radius 3 is 2.41 bits per heavy atom. The standard InChI is InChI=1S/C15H24N4O3/c1-4-18(5-2)14(20)6-9-19(10-11-22-3)15(21)13-12-16-7-8-17-13/h7-8,12H,4-6,9-11H2,1-3H3. The SMILES string of the molecule is CCN(CC)C(=O)CCN(CCOC)C(=O)c1cnccn1. The summed E-state index contributed by atoms with van der Waals surface area (Å²) in [4.78, 5) is 35.7. The predicted molar refractivity (Wildman–Crippen MR) is 82.4 cm³/mol. The van der Waals surface area contributed by atoms with Gasteiger partial charge in [0.2, 0.25) is 5.91 Å². The highest BCUT2D eigenvalue weighted by Gasteiger charge is 2.19. The third kappa shape index (κ3) is 5.40. The second-order valence-corrected chi connectivity index (χ2v) is 4.69. The van der Waals surface area contributed by atoms with Crippen LogP contribution < -0.4 is 0 Å². The Morgan fingerprint density at radius 2 is 1.86 bits per heavy atom. The molecule has 0 bridgehead atoms. The van der Waals surface area contributed by atoms with Gasteiger partial charge in [-0.25, -0.2) is 4.98 Å². The van der Waals surface area contributed by atoms with Crippen molar-refractivity contribution >= 4 is 11.8 Å². The monoisotopic (exact) mass is 308 g/mol. The zero-order valence-corrected chi connectivity index (χ0v) is 13.5. The third-order valence-corrected chi connectivity index (χ3v) is 3.35. The Bertz CT molecular complexity index is 463. The normalized spacial score (nSPS) is 10.3. The Labute approximate surface area is 131 Å². The minimum absolute atomic E-state index is 0.0411. The zero-order chi connectivity index (χ0) is 16.4. The summed E-state index contributed by atoms with van der Waals surface area (Å²) >= 11 is 0. The second-order valence-electron chi connectivity index (χ2n) is 4.69. The van der Waals surface area contributed by atoms with E-state index in [0.29, 0.717) is 32.8 Å². The largest absolute Gasteiger partial charge is 0.383 e. The molecule has 22 heavy (non-hydrogen) atoms. The van der Waals surface area contributed by atoms with Crippen LogP contribution in [0.2, 0.25) is 0 Å². The average molecular weight is 308 g/mol. The summed E-state index contributed by atoms with van der Waals surface area (Å²) in [6.07, 6.45) is 4.70. The second kappa shape index (κ2) is 9.83. The lowest BCUT2D eigenvalue weighted by molar-refractivity contribution is -0.131. The van der Waals surface area contributed by atoms with Gasteiger partial charge in [-0.05, 0) is 13.8 Å². The average Bonchev–Trinajstić information content (AvgIpc) is 2.56. The molecule has 0 fully saturated rings. The molecular formula is C15H24N4O3. The van der Waals surface area contributed by atoms with E-state index in [9.17, 15) is 9.59 Å². The van der Waals surface area contributed by atoms with Gasteiger partial charge in [0.05, 0.1) is 12.8 Å². The molecule has 0 aliphatic heterocycles. The van der Waals surface area contributed by atoms with Gasteiger partial charge in [0.1, 0.15) is 5.69 Å². The molecule has 0 aromatic carbocycles. The van der Waals surface area contributed by atoms with E-state index in [2.05, 4.69) is 9.97 Å². The van der Waals surface area contributed by atoms with Gasteiger partial charge in [0.25, 0.3) is 5.91 Å². The first-order valence-electron chi connectivity index (χ1n) is 7.46. The molecule has 0 saturated carbocycles. The number of rotatable bonds is 9. The van der Waals surface area contributed by atoms with Crippen molar-refractivity contribution in [3.8, 4) is 0 Å². The highest BCUT2D eigenvalue weighted by atomic mass is 16.5. The predicted octanol–water partition coefficient (Wildman–Crippen LogP) is 0.824. The molecule has 0 aliphatic rings. The zero-order valence-electron chi connectivity index (χ0n) is 13.5. The summed E-state index contributed by atoms with van der Waals surface area (Å²) in [5.74, 6) is -0.197. The molecule has 1 heterocycles. The smallest absolute Gasteiger partial charge is 0.274 e. The number of hydrogen-bond acceptors (Lipinski definition) is 5. The van der Waals surface area contributed by atoms with Gasteiger partial charge in [0, 0.05) is 52.1 Å².